The topological polar surface area (TPSA) is 86.7 Å². The minimum Gasteiger partial charge on any atom is -0.393 e. The maximum atomic E-state index is 14.9. The van der Waals surface area contributed by atoms with E-state index in [2.05, 4.69) is 9.47 Å². The Bertz CT molecular complexity index is 986. The molecule has 11 heteroatoms. The van der Waals surface area contributed by atoms with Gasteiger partial charge in [-0.2, -0.15) is 22.0 Å². The second-order valence-electron chi connectivity index (χ2n) is 7.76. The number of halogens is 5. The van der Waals surface area contributed by atoms with Crippen molar-refractivity contribution < 1.29 is 50.6 Å². The fraction of sp³-hybridized carbons (Fsp3) is 0.474. The molecule has 160 valence electrons. The molecule has 1 aliphatic carbocycles. The van der Waals surface area contributed by atoms with Gasteiger partial charge in [0.1, 0.15) is 0 Å². The van der Waals surface area contributed by atoms with E-state index < -0.39 is 71.5 Å². The van der Waals surface area contributed by atoms with Gasteiger partial charge in [-0.15, -0.1) is 0 Å². The Balaban J connectivity index is 2.06. The number of benzene rings is 1. The fourth-order valence-corrected chi connectivity index (χ4v) is 5.08. The zero-order chi connectivity index (χ0) is 22.2. The van der Waals surface area contributed by atoms with Gasteiger partial charge in [0.05, 0.1) is 30.1 Å². The molecule has 0 amide bonds. The Hall–Kier alpha value is -2.85. The monoisotopic (exact) mass is 432 g/mol. The lowest BCUT2D eigenvalue weighted by Crippen LogP contribution is -2.61. The third-order valence-corrected chi connectivity index (χ3v) is 6.33. The highest BCUT2D eigenvalue weighted by Crippen LogP contribution is 2.63. The summed E-state index contributed by atoms with van der Waals surface area (Å²) in [6.07, 6.45) is -6.84. The fourth-order valence-electron chi connectivity index (χ4n) is 5.08. The molecule has 0 N–H and O–H groups in total. The smallest absolute Gasteiger partial charge is 0.393 e. The van der Waals surface area contributed by atoms with Crippen molar-refractivity contribution in [3.05, 3.63) is 35.4 Å². The highest BCUT2D eigenvalue weighted by Gasteiger charge is 2.76. The molecule has 2 saturated heterocycles. The summed E-state index contributed by atoms with van der Waals surface area (Å²) in [7, 11) is 0. The first-order valence-corrected chi connectivity index (χ1v) is 8.85. The van der Waals surface area contributed by atoms with E-state index in [9.17, 15) is 41.1 Å². The van der Waals surface area contributed by atoms with Crippen molar-refractivity contribution >= 4 is 23.9 Å². The van der Waals surface area contributed by atoms with Crippen LogP contribution in [0.2, 0.25) is 0 Å². The normalized spacial score (nSPS) is 33.8. The van der Waals surface area contributed by atoms with Gasteiger partial charge in [0.25, 0.3) is 0 Å². The van der Waals surface area contributed by atoms with Gasteiger partial charge >= 0.3 is 36.0 Å². The number of carbonyl (C=O) groups is 4. The first-order chi connectivity index (χ1) is 13.8. The average molecular weight is 432 g/mol. The molecule has 2 heterocycles. The lowest BCUT2D eigenvalue weighted by Gasteiger charge is -2.50. The molecule has 4 rings (SSSR count). The Morgan fingerprint density at radius 2 is 1.57 bits per heavy atom. The van der Waals surface area contributed by atoms with Crippen molar-refractivity contribution in [1.82, 2.24) is 0 Å². The molecule has 0 saturated carbocycles. The summed E-state index contributed by atoms with van der Waals surface area (Å²) in [5, 5.41) is 0. The predicted octanol–water partition coefficient (Wildman–Crippen LogP) is 2.64. The summed E-state index contributed by atoms with van der Waals surface area (Å²) in [4.78, 5) is 48.5. The van der Waals surface area contributed by atoms with Crippen molar-refractivity contribution in [3.63, 3.8) is 0 Å². The second-order valence-corrected chi connectivity index (χ2v) is 7.76. The Morgan fingerprint density at radius 1 is 0.933 bits per heavy atom. The molecule has 1 aromatic carbocycles. The van der Waals surface area contributed by atoms with E-state index in [4.69, 9.17) is 0 Å². The third-order valence-electron chi connectivity index (χ3n) is 6.33. The molecule has 30 heavy (non-hydrogen) atoms. The number of fused-ring (bicyclic) bond motifs is 3. The first-order valence-electron chi connectivity index (χ1n) is 8.85. The van der Waals surface area contributed by atoms with Crippen LogP contribution in [0, 0.1) is 17.8 Å². The zero-order valence-electron chi connectivity index (χ0n) is 15.2. The number of rotatable bonds is 2. The SMILES string of the molecule is CC1(C2CC(=O)OC2=O)c2ccccc2C2C(=O)OC(=O)C2C1C(F)(F)C(F)(F)F. The van der Waals surface area contributed by atoms with E-state index in [1.54, 1.807) is 0 Å². The van der Waals surface area contributed by atoms with Crippen molar-refractivity contribution in [2.75, 3.05) is 0 Å². The Labute approximate surface area is 165 Å². The van der Waals surface area contributed by atoms with Gasteiger partial charge < -0.3 is 9.47 Å². The van der Waals surface area contributed by atoms with Crippen LogP contribution in [-0.4, -0.2) is 36.0 Å². The molecule has 3 aliphatic rings. The van der Waals surface area contributed by atoms with E-state index in [-0.39, 0.29) is 11.1 Å². The molecule has 0 aromatic heterocycles. The molecular formula is C19H13F5O6. The van der Waals surface area contributed by atoms with Gasteiger partial charge in [-0.1, -0.05) is 31.2 Å². The van der Waals surface area contributed by atoms with Gasteiger partial charge in [0, 0.05) is 5.41 Å². The van der Waals surface area contributed by atoms with E-state index in [0.29, 0.717) is 0 Å². The van der Waals surface area contributed by atoms with Crippen molar-refractivity contribution in [2.45, 2.75) is 36.8 Å². The zero-order valence-corrected chi connectivity index (χ0v) is 15.2. The van der Waals surface area contributed by atoms with Crippen molar-refractivity contribution in [1.29, 1.82) is 0 Å². The van der Waals surface area contributed by atoms with E-state index in [0.717, 1.165) is 6.92 Å². The lowest BCUT2D eigenvalue weighted by molar-refractivity contribution is -0.318. The van der Waals surface area contributed by atoms with Crippen molar-refractivity contribution in [3.8, 4) is 0 Å². The highest BCUT2D eigenvalue weighted by atomic mass is 19.4. The minimum absolute atomic E-state index is 0.00206. The molecule has 2 fully saturated rings. The van der Waals surface area contributed by atoms with E-state index in [1.165, 1.54) is 24.3 Å². The second kappa shape index (κ2) is 6.08. The molecule has 5 atom stereocenters. The standard InChI is InChI=1S/C19H13F5O6/c1-17(9-6-10(25)29-14(9)26)8-5-3-2-4-7(8)11-12(16(28)30-15(11)27)13(17)18(20,21)19(22,23)24/h2-5,9,11-13H,6H2,1H3. The largest absolute Gasteiger partial charge is 0.453 e. The maximum Gasteiger partial charge on any atom is 0.453 e. The lowest BCUT2D eigenvalue weighted by atomic mass is 9.50. The first kappa shape index (κ1) is 20.4. The molecule has 5 unspecified atom stereocenters. The molecular weight excluding hydrogens is 419 g/mol. The molecule has 2 aliphatic heterocycles. The van der Waals surface area contributed by atoms with Crippen molar-refractivity contribution in [2.24, 2.45) is 17.8 Å². The number of ether oxygens (including phenoxy) is 2. The summed E-state index contributed by atoms with van der Waals surface area (Å²) >= 11 is 0. The number of hydrogen-bond donors (Lipinski definition) is 0. The maximum absolute atomic E-state index is 14.9. The summed E-state index contributed by atoms with van der Waals surface area (Å²) in [6.45, 7) is 0.965. The number of esters is 4. The van der Waals surface area contributed by atoms with Gasteiger partial charge in [0.15, 0.2) is 0 Å². The van der Waals surface area contributed by atoms with Crippen LogP contribution >= 0.6 is 0 Å². The van der Waals surface area contributed by atoms with Gasteiger partial charge in [-0.25, -0.2) is 0 Å². The van der Waals surface area contributed by atoms with Crippen LogP contribution in [0.1, 0.15) is 30.4 Å². The Kier molecular flexibility index (Phi) is 4.14. The van der Waals surface area contributed by atoms with Gasteiger partial charge in [0.2, 0.25) is 0 Å². The van der Waals surface area contributed by atoms with Crippen LogP contribution in [0.3, 0.4) is 0 Å². The number of alkyl halides is 5. The Morgan fingerprint density at radius 3 is 2.13 bits per heavy atom. The average Bonchev–Trinajstić information content (AvgIpc) is 3.12. The minimum atomic E-state index is -6.10. The molecule has 1 aromatic rings. The summed E-state index contributed by atoms with van der Waals surface area (Å²) in [5.41, 5.74) is -2.52. The van der Waals surface area contributed by atoms with E-state index in [1.807, 2.05) is 0 Å². The van der Waals surface area contributed by atoms with Crippen LogP contribution in [-0.2, 0) is 34.1 Å². The van der Waals surface area contributed by atoms with Gasteiger partial charge in [-0.3, -0.25) is 19.2 Å². The number of hydrogen-bond acceptors (Lipinski definition) is 6. The molecule has 0 radical (unpaired) electrons. The van der Waals surface area contributed by atoms with Crippen LogP contribution in [0.25, 0.3) is 0 Å². The highest BCUT2D eigenvalue weighted by molar-refractivity contribution is 6.01. The quantitative estimate of drug-likeness (QED) is 0.406. The van der Waals surface area contributed by atoms with Crippen LogP contribution in [0.15, 0.2) is 24.3 Å². The summed E-state index contributed by atoms with van der Waals surface area (Å²) in [5.74, 6) is -19.1. The van der Waals surface area contributed by atoms with Gasteiger partial charge in [-0.05, 0) is 11.1 Å². The van der Waals surface area contributed by atoms with E-state index >= 15 is 0 Å². The third kappa shape index (κ3) is 2.46. The number of carbonyl (C=O) groups excluding carboxylic acids is 4. The molecule has 0 spiro atoms. The number of cyclic esters (lactones) is 4. The molecule has 0 bridgehead atoms. The predicted molar refractivity (Wildman–Crippen MR) is 84.8 cm³/mol. The van der Waals surface area contributed by atoms with Crippen LogP contribution in [0.5, 0.6) is 0 Å². The summed E-state index contributed by atoms with van der Waals surface area (Å²) in [6, 6.07) is 5.25. The summed E-state index contributed by atoms with van der Waals surface area (Å²) < 4.78 is 79.3. The molecule has 6 nitrogen and oxygen atoms in total. The van der Waals surface area contributed by atoms with Crippen LogP contribution < -0.4 is 0 Å². The van der Waals surface area contributed by atoms with Crippen LogP contribution in [0.4, 0.5) is 22.0 Å².